The second-order valence-electron chi connectivity index (χ2n) is 9.09. The van der Waals surface area contributed by atoms with E-state index in [2.05, 4.69) is 38.7 Å². The molecule has 2 N–H and O–H groups in total. The van der Waals surface area contributed by atoms with Gasteiger partial charge in [-0.3, -0.25) is 9.59 Å². The summed E-state index contributed by atoms with van der Waals surface area (Å²) in [5.41, 5.74) is 4.29. The van der Waals surface area contributed by atoms with Gasteiger partial charge in [0, 0.05) is 16.5 Å². The van der Waals surface area contributed by atoms with Crippen LogP contribution in [-0.2, 0) is 9.59 Å². The summed E-state index contributed by atoms with van der Waals surface area (Å²) in [4.78, 5) is 36.6. The number of aryl methyl sites for hydroxylation is 1. The minimum absolute atomic E-state index is 0.139. The van der Waals surface area contributed by atoms with Gasteiger partial charge in [-0.05, 0) is 43.7 Å². The quantitative estimate of drug-likeness (QED) is 0.0793. The number of nitrogens with zero attached hydrogens (tertiary/aromatic N) is 1. The molecular formula is C29H38BrN3O4. The molecule has 0 aliphatic rings. The SMILES string of the molecule is CCCCCCCCCCCC(=O)NCC(=O)N/N=C/c1cc(Br)ccc1OC(=O)c1cccc(C)c1. The van der Waals surface area contributed by atoms with Gasteiger partial charge in [-0.1, -0.05) is 91.9 Å². The molecular weight excluding hydrogens is 534 g/mol. The van der Waals surface area contributed by atoms with Crippen LogP contribution in [0.5, 0.6) is 5.75 Å². The number of benzene rings is 2. The summed E-state index contributed by atoms with van der Waals surface area (Å²) in [5, 5.41) is 6.57. The fraction of sp³-hybridized carbons (Fsp3) is 0.448. The highest BCUT2D eigenvalue weighted by molar-refractivity contribution is 9.10. The number of rotatable bonds is 16. The molecule has 0 aliphatic carbocycles. The predicted octanol–water partition coefficient (Wildman–Crippen LogP) is 6.46. The highest BCUT2D eigenvalue weighted by Crippen LogP contribution is 2.23. The average molecular weight is 573 g/mol. The van der Waals surface area contributed by atoms with Crippen LogP contribution in [0.25, 0.3) is 0 Å². The summed E-state index contributed by atoms with van der Waals surface area (Å²) in [6.07, 6.45) is 12.5. The van der Waals surface area contributed by atoms with Gasteiger partial charge in [0.15, 0.2) is 0 Å². The van der Waals surface area contributed by atoms with E-state index in [9.17, 15) is 14.4 Å². The summed E-state index contributed by atoms with van der Waals surface area (Å²) >= 11 is 3.39. The van der Waals surface area contributed by atoms with E-state index in [0.717, 1.165) is 29.3 Å². The largest absolute Gasteiger partial charge is 0.422 e. The third-order valence-electron chi connectivity index (χ3n) is 5.77. The van der Waals surface area contributed by atoms with E-state index in [1.807, 2.05) is 13.0 Å². The topological polar surface area (TPSA) is 96.9 Å². The molecule has 37 heavy (non-hydrogen) atoms. The van der Waals surface area contributed by atoms with Crippen LogP contribution >= 0.6 is 15.9 Å². The molecule has 0 atom stereocenters. The number of carbonyl (C=O) groups is 3. The van der Waals surface area contributed by atoms with Gasteiger partial charge >= 0.3 is 5.97 Å². The lowest BCUT2D eigenvalue weighted by Crippen LogP contribution is -2.34. The highest BCUT2D eigenvalue weighted by Gasteiger charge is 2.12. The van der Waals surface area contributed by atoms with E-state index in [1.165, 1.54) is 44.7 Å². The lowest BCUT2D eigenvalue weighted by molar-refractivity contribution is -0.126. The molecule has 0 aromatic heterocycles. The number of esters is 1. The normalized spacial score (nSPS) is 10.9. The number of unbranched alkanes of at least 4 members (excludes halogenated alkanes) is 8. The molecule has 7 nitrogen and oxygen atoms in total. The Hall–Kier alpha value is -3.00. The number of nitrogens with one attached hydrogen (secondary N) is 2. The molecule has 0 fully saturated rings. The Balaban J connectivity index is 1.71. The van der Waals surface area contributed by atoms with Gasteiger partial charge in [0.05, 0.1) is 18.3 Å². The van der Waals surface area contributed by atoms with Gasteiger partial charge in [-0.2, -0.15) is 5.10 Å². The Morgan fingerprint density at radius 2 is 1.62 bits per heavy atom. The van der Waals surface area contributed by atoms with Gasteiger partial charge in [-0.25, -0.2) is 10.2 Å². The average Bonchev–Trinajstić information content (AvgIpc) is 2.88. The van der Waals surface area contributed by atoms with Crippen LogP contribution < -0.4 is 15.5 Å². The molecule has 0 saturated carbocycles. The van der Waals surface area contributed by atoms with Crippen molar-refractivity contribution in [1.29, 1.82) is 0 Å². The van der Waals surface area contributed by atoms with E-state index in [1.54, 1.807) is 36.4 Å². The number of ether oxygens (including phenoxy) is 1. The number of halogens is 1. The van der Waals surface area contributed by atoms with E-state index >= 15 is 0 Å². The third-order valence-corrected chi connectivity index (χ3v) is 6.27. The first-order chi connectivity index (χ1) is 17.9. The lowest BCUT2D eigenvalue weighted by atomic mass is 10.1. The predicted molar refractivity (Wildman–Crippen MR) is 151 cm³/mol. The summed E-state index contributed by atoms with van der Waals surface area (Å²) in [6, 6.07) is 12.2. The maximum absolute atomic E-state index is 12.5. The van der Waals surface area contributed by atoms with Crippen molar-refractivity contribution in [2.45, 2.75) is 78.1 Å². The van der Waals surface area contributed by atoms with Crippen molar-refractivity contribution < 1.29 is 19.1 Å². The molecule has 2 amide bonds. The van der Waals surface area contributed by atoms with Crippen LogP contribution in [0.2, 0.25) is 0 Å². The van der Waals surface area contributed by atoms with Crippen LogP contribution in [0.1, 0.15) is 92.6 Å². The minimum atomic E-state index is -0.487. The molecule has 2 rings (SSSR count). The van der Waals surface area contributed by atoms with Crippen molar-refractivity contribution in [3.63, 3.8) is 0 Å². The maximum Gasteiger partial charge on any atom is 0.343 e. The Morgan fingerprint density at radius 1 is 0.919 bits per heavy atom. The summed E-state index contributed by atoms with van der Waals surface area (Å²) < 4.78 is 6.30. The van der Waals surface area contributed by atoms with Crippen molar-refractivity contribution in [1.82, 2.24) is 10.7 Å². The Morgan fingerprint density at radius 3 is 2.32 bits per heavy atom. The molecule has 0 radical (unpaired) electrons. The number of carbonyl (C=O) groups excluding carboxylic acids is 3. The standard InChI is InChI=1S/C29H38BrN3O4/c1-3-4-5-6-7-8-9-10-11-15-27(34)31-21-28(35)33-32-20-24-19-25(30)16-17-26(24)37-29(36)23-14-12-13-22(2)18-23/h12-14,16-20H,3-11,15,21H2,1-2H3,(H,31,34)(H,33,35)/b32-20+. The molecule has 0 unspecified atom stereocenters. The molecule has 8 heteroatoms. The fourth-order valence-electron chi connectivity index (χ4n) is 3.72. The fourth-order valence-corrected chi connectivity index (χ4v) is 4.10. The van der Waals surface area contributed by atoms with Crippen LogP contribution in [-0.4, -0.2) is 30.5 Å². The molecule has 0 bridgehead atoms. The lowest BCUT2D eigenvalue weighted by Gasteiger charge is -2.08. The molecule has 2 aromatic rings. The molecule has 0 saturated heterocycles. The van der Waals surface area contributed by atoms with Gasteiger partial charge < -0.3 is 10.1 Å². The van der Waals surface area contributed by atoms with Crippen LogP contribution in [0.4, 0.5) is 0 Å². The first kappa shape index (κ1) is 30.2. The Bertz CT molecular complexity index is 1060. The van der Waals surface area contributed by atoms with Gasteiger partial charge in [0.2, 0.25) is 5.91 Å². The van der Waals surface area contributed by atoms with Crippen molar-refractivity contribution in [3.05, 3.63) is 63.6 Å². The molecule has 2 aromatic carbocycles. The van der Waals surface area contributed by atoms with Crippen molar-refractivity contribution in [3.8, 4) is 5.75 Å². The maximum atomic E-state index is 12.5. The Kier molecular flexibility index (Phi) is 14.3. The van der Waals surface area contributed by atoms with Crippen molar-refractivity contribution >= 4 is 39.9 Å². The zero-order chi connectivity index (χ0) is 26.9. The Labute approximate surface area is 228 Å². The third kappa shape index (κ3) is 12.7. The van der Waals surface area contributed by atoms with Crippen molar-refractivity contribution in [2.75, 3.05) is 6.54 Å². The monoisotopic (exact) mass is 571 g/mol. The van der Waals surface area contributed by atoms with E-state index in [4.69, 9.17) is 4.74 Å². The number of hydrazone groups is 1. The van der Waals surface area contributed by atoms with Gasteiger partial charge in [0.1, 0.15) is 5.75 Å². The van der Waals surface area contributed by atoms with E-state index in [-0.39, 0.29) is 12.5 Å². The smallest absolute Gasteiger partial charge is 0.343 e. The zero-order valence-corrected chi connectivity index (χ0v) is 23.4. The summed E-state index contributed by atoms with van der Waals surface area (Å²) in [5.74, 6) is -0.759. The molecule has 200 valence electrons. The van der Waals surface area contributed by atoms with Crippen LogP contribution in [0.15, 0.2) is 52.0 Å². The van der Waals surface area contributed by atoms with Crippen molar-refractivity contribution in [2.24, 2.45) is 5.10 Å². The van der Waals surface area contributed by atoms with Crippen LogP contribution in [0.3, 0.4) is 0 Å². The second-order valence-corrected chi connectivity index (χ2v) is 10.0. The van der Waals surface area contributed by atoms with E-state index in [0.29, 0.717) is 23.3 Å². The van der Waals surface area contributed by atoms with Crippen LogP contribution in [0, 0.1) is 6.92 Å². The first-order valence-electron chi connectivity index (χ1n) is 13.1. The summed E-state index contributed by atoms with van der Waals surface area (Å²) in [7, 11) is 0. The number of hydrogen-bond donors (Lipinski definition) is 2. The minimum Gasteiger partial charge on any atom is -0.422 e. The number of hydrogen-bond acceptors (Lipinski definition) is 5. The number of amides is 2. The molecule has 0 spiro atoms. The molecule has 0 aliphatic heterocycles. The van der Waals surface area contributed by atoms with Gasteiger partial charge in [0.25, 0.3) is 5.91 Å². The molecule has 0 heterocycles. The second kappa shape index (κ2) is 17.5. The highest BCUT2D eigenvalue weighted by atomic mass is 79.9. The first-order valence-corrected chi connectivity index (χ1v) is 13.9. The zero-order valence-electron chi connectivity index (χ0n) is 21.9. The summed E-state index contributed by atoms with van der Waals surface area (Å²) in [6.45, 7) is 3.97. The van der Waals surface area contributed by atoms with Gasteiger partial charge in [-0.15, -0.1) is 0 Å². The van der Waals surface area contributed by atoms with E-state index < -0.39 is 11.9 Å².